The molecule has 0 spiro atoms. The van der Waals surface area contributed by atoms with Crippen molar-refractivity contribution in [1.82, 2.24) is 0 Å². The number of fused-ring (bicyclic) bond motifs is 6. The van der Waals surface area contributed by atoms with E-state index < -0.39 is 0 Å². The molecule has 0 unspecified atom stereocenters. The molecule has 0 amide bonds. The van der Waals surface area contributed by atoms with Crippen LogP contribution in [0.4, 0.5) is 0 Å². The normalized spacial score (nSPS) is 11.7. The highest BCUT2D eigenvalue weighted by atomic mass is 32.1. The maximum Gasteiger partial charge on any atom is 0.234 e. The fourth-order valence-corrected chi connectivity index (χ4v) is 4.06. The van der Waals surface area contributed by atoms with Crippen LogP contribution in [0.2, 0.25) is 0 Å². The fraction of sp³-hybridized carbons (Fsp3) is 0.118. The van der Waals surface area contributed by atoms with Crippen LogP contribution < -0.4 is 4.57 Å². The third-order valence-electron chi connectivity index (χ3n) is 3.92. The maximum atomic E-state index is 2.31. The van der Waals surface area contributed by atoms with E-state index in [0.29, 0.717) is 0 Å². The number of aromatic nitrogens is 1. The molecule has 2 heteroatoms. The van der Waals surface area contributed by atoms with Crippen molar-refractivity contribution in [2.24, 2.45) is 7.05 Å². The molecule has 1 heterocycles. The van der Waals surface area contributed by atoms with Gasteiger partial charge < -0.3 is 0 Å². The Labute approximate surface area is 115 Å². The van der Waals surface area contributed by atoms with Crippen molar-refractivity contribution in [3.05, 3.63) is 53.5 Å². The SMILES string of the molecule is Cc1sc2c3ccccc3c3ccccc3c2[n+]1C. The Hall–Kier alpha value is -1.93. The summed E-state index contributed by atoms with van der Waals surface area (Å²) in [5, 5.41) is 6.76. The first kappa shape index (κ1) is 10.9. The van der Waals surface area contributed by atoms with E-state index in [1.165, 1.54) is 36.8 Å². The number of hydrogen-bond donors (Lipinski definition) is 0. The van der Waals surface area contributed by atoms with Crippen molar-refractivity contribution in [3.8, 4) is 0 Å². The molecule has 0 N–H and O–H groups in total. The van der Waals surface area contributed by atoms with Gasteiger partial charge in [0, 0.05) is 12.3 Å². The molecule has 0 aliphatic rings. The quantitative estimate of drug-likeness (QED) is 0.328. The van der Waals surface area contributed by atoms with Crippen molar-refractivity contribution >= 4 is 43.1 Å². The molecule has 4 rings (SSSR count). The van der Waals surface area contributed by atoms with Gasteiger partial charge in [0.05, 0.1) is 5.39 Å². The van der Waals surface area contributed by atoms with Gasteiger partial charge >= 0.3 is 0 Å². The lowest BCUT2D eigenvalue weighted by atomic mass is 10.0. The molecule has 1 aromatic heterocycles. The zero-order chi connectivity index (χ0) is 13.0. The van der Waals surface area contributed by atoms with Gasteiger partial charge in [0.15, 0.2) is 0 Å². The minimum absolute atomic E-state index is 1.34. The number of aryl methyl sites for hydroxylation is 2. The van der Waals surface area contributed by atoms with Crippen molar-refractivity contribution in [3.63, 3.8) is 0 Å². The van der Waals surface area contributed by atoms with E-state index in [2.05, 4.69) is 67.1 Å². The first-order valence-electron chi connectivity index (χ1n) is 6.46. The molecule has 0 bridgehead atoms. The molecule has 19 heavy (non-hydrogen) atoms. The lowest BCUT2D eigenvalue weighted by molar-refractivity contribution is -0.645. The summed E-state index contributed by atoms with van der Waals surface area (Å²) in [7, 11) is 2.16. The molecule has 4 aromatic rings. The predicted octanol–water partition coefficient (Wildman–Crippen LogP) is 4.34. The van der Waals surface area contributed by atoms with E-state index >= 15 is 0 Å². The zero-order valence-corrected chi connectivity index (χ0v) is 11.8. The Morgan fingerprint density at radius 3 is 2.00 bits per heavy atom. The molecule has 92 valence electrons. The molecule has 0 radical (unpaired) electrons. The fourth-order valence-electron chi connectivity index (χ4n) is 2.90. The Morgan fingerprint density at radius 2 is 1.32 bits per heavy atom. The van der Waals surface area contributed by atoms with Crippen molar-refractivity contribution < 1.29 is 4.57 Å². The Bertz CT molecular complexity index is 934. The van der Waals surface area contributed by atoms with Gasteiger partial charge in [-0.05, 0) is 16.8 Å². The molecule has 0 aliphatic heterocycles. The zero-order valence-electron chi connectivity index (χ0n) is 11.0. The van der Waals surface area contributed by atoms with Crippen LogP contribution in [-0.2, 0) is 7.05 Å². The Kier molecular flexibility index (Phi) is 2.18. The lowest BCUT2D eigenvalue weighted by Crippen LogP contribution is -2.28. The van der Waals surface area contributed by atoms with Crippen molar-refractivity contribution in [2.75, 3.05) is 0 Å². The third-order valence-corrected chi connectivity index (χ3v) is 5.10. The van der Waals surface area contributed by atoms with Crippen LogP contribution in [0.3, 0.4) is 0 Å². The summed E-state index contributed by atoms with van der Waals surface area (Å²) < 4.78 is 3.71. The smallest absolute Gasteiger partial charge is 0.188 e. The number of rotatable bonds is 0. The topological polar surface area (TPSA) is 3.88 Å². The summed E-state index contributed by atoms with van der Waals surface area (Å²) in [4.78, 5) is 0. The van der Waals surface area contributed by atoms with Gasteiger partial charge in [-0.1, -0.05) is 53.8 Å². The second kappa shape index (κ2) is 3.78. The highest BCUT2D eigenvalue weighted by Gasteiger charge is 2.19. The van der Waals surface area contributed by atoms with Crippen LogP contribution in [0.5, 0.6) is 0 Å². The van der Waals surface area contributed by atoms with E-state index in [-0.39, 0.29) is 0 Å². The van der Waals surface area contributed by atoms with Crippen LogP contribution in [0.15, 0.2) is 48.5 Å². The summed E-state index contributed by atoms with van der Waals surface area (Å²) in [5.74, 6) is 0. The van der Waals surface area contributed by atoms with Crippen LogP contribution >= 0.6 is 11.3 Å². The van der Waals surface area contributed by atoms with Crippen molar-refractivity contribution in [2.45, 2.75) is 6.92 Å². The number of nitrogens with zero attached hydrogens (tertiary/aromatic N) is 1. The Balaban J connectivity index is 2.47. The molecular weight excluding hydrogens is 250 g/mol. The predicted molar refractivity (Wildman–Crippen MR) is 82.8 cm³/mol. The molecule has 0 atom stereocenters. The molecule has 0 fully saturated rings. The van der Waals surface area contributed by atoms with E-state index in [4.69, 9.17) is 0 Å². The van der Waals surface area contributed by atoms with Gasteiger partial charge in [-0.3, -0.25) is 0 Å². The van der Waals surface area contributed by atoms with Gasteiger partial charge in [0.2, 0.25) is 10.5 Å². The van der Waals surface area contributed by atoms with Gasteiger partial charge in [0.25, 0.3) is 0 Å². The average Bonchev–Trinajstić information content (AvgIpc) is 2.76. The maximum absolute atomic E-state index is 2.31. The standard InChI is InChI=1S/C17H14NS/c1-11-18(2)16-14-9-5-3-7-12(14)13-8-4-6-10-15(13)17(16)19-11/h3-10H,1-2H3/q+1. The first-order valence-corrected chi connectivity index (χ1v) is 7.27. The average molecular weight is 264 g/mol. The van der Waals surface area contributed by atoms with E-state index in [1.807, 2.05) is 11.3 Å². The molecule has 1 nitrogen and oxygen atoms in total. The van der Waals surface area contributed by atoms with Crippen LogP contribution in [-0.4, -0.2) is 0 Å². The summed E-state index contributed by atoms with van der Waals surface area (Å²) in [6, 6.07) is 17.4. The first-order chi connectivity index (χ1) is 9.27. The number of hydrogen-bond acceptors (Lipinski definition) is 1. The lowest BCUT2D eigenvalue weighted by Gasteiger charge is -2.03. The van der Waals surface area contributed by atoms with E-state index in [0.717, 1.165) is 0 Å². The molecule has 0 aliphatic carbocycles. The van der Waals surface area contributed by atoms with Crippen LogP contribution in [0, 0.1) is 6.92 Å². The molecule has 3 aromatic carbocycles. The highest BCUT2D eigenvalue weighted by molar-refractivity contribution is 7.19. The largest absolute Gasteiger partial charge is 0.234 e. The summed E-state index contributed by atoms with van der Waals surface area (Å²) >= 11 is 1.89. The molecule has 0 saturated carbocycles. The Morgan fingerprint density at radius 1 is 0.789 bits per heavy atom. The number of benzene rings is 3. The monoisotopic (exact) mass is 264 g/mol. The highest BCUT2D eigenvalue weighted by Crippen LogP contribution is 2.36. The second-order valence-corrected chi connectivity index (χ2v) is 6.15. The number of thiazole rings is 1. The van der Waals surface area contributed by atoms with Gasteiger partial charge in [-0.15, -0.1) is 0 Å². The summed E-state index contributed by atoms with van der Waals surface area (Å²) in [6.45, 7) is 2.19. The molecule has 0 saturated heterocycles. The minimum Gasteiger partial charge on any atom is -0.188 e. The summed E-state index contributed by atoms with van der Waals surface area (Å²) in [5.41, 5.74) is 1.36. The van der Waals surface area contributed by atoms with E-state index in [1.54, 1.807) is 0 Å². The van der Waals surface area contributed by atoms with Gasteiger partial charge in [0.1, 0.15) is 11.7 Å². The van der Waals surface area contributed by atoms with Gasteiger partial charge in [-0.2, -0.15) is 4.57 Å². The third kappa shape index (κ3) is 1.38. The second-order valence-electron chi connectivity index (χ2n) is 4.95. The minimum atomic E-state index is 1.34. The van der Waals surface area contributed by atoms with E-state index in [9.17, 15) is 0 Å². The van der Waals surface area contributed by atoms with Crippen LogP contribution in [0.25, 0.3) is 31.8 Å². The van der Waals surface area contributed by atoms with Gasteiger partial charge in [-0.25, -0.2) is 0 Å². The molecular formula is C17H14NS+. The van der Waals surface area contributed by atoms with Crippen LogP contribution in [0.1, 0.15) is 5.01 Å². The van der Waals surface area contributed by atoms with Crippen molar-refractivity contribution in [1.29, 1.82) is 0 Å². The summed E-state index contributed by atoms with van der Waals surface area (Å²) in [6.07, 6.45) is 0.